The summed E-state index contributed by atoms with van der Waals surface area (Å²) in [5.41, 5.74) is 4.43. The van der Waals surface area contributed by atoms with Crippen LogP contribution in [-0.4, -0.2) is 44.0 Å². The van der Waals surface area contributed by atoms with Gasteiger partial charge in [-0.05, 0) is 81.3 Å². The van der Waals surface area contributed by atoms with Crippen molar-refractivity contribution in [1.82, 2.24) is 25.2 Å². The summed E-state index contributed by atoms with van der Waals surface area (Å²) in [4.78, 5) is 40.3. The van der Waals surface area contributed by atoms with Gasteiger partial charge in [-0.25, -0.2) is 4.79 Å². The first-order valence-electron chi connectivity index (χ1n) is 13.6. The Hall–Kier alpha value is -4.63. The van der Waals surface area contributed by atoms with Gasteiger partial charge in [-0.3, -0.25) is 24.6 Å². The maximum absolute atomic E-state index is 12.8. The second-order valence-electron chi connectivity index (χ2n) is 10.7. The number of carbonyl (C=O) groups is 2. The fourth-order valence-corrected chi connectivity index (χ4v) is 4.07. The zero-order valence-electron chi connectivity index (χ0n) is 23.7. The van der Waals surface area contributed by atoms with Gasteiger partial charge in [0.2, 0.25) is 0 Å². The Kier molecular flexibility index (Phi) is 10.1. The Morgan fingerprint density at radius 3 is 1.90 bits per heavy atom. The largest absolute Gasteiger partial charge is 0.444 e. The minimum absolute atomic E-state index is 0.234. The molecule has 0 saturated heterocycles. The van der Waals surface area contributed by atoms with Crippen molar-refractivity contribution in [2.45, 2.75) is 52.4 Å². The molecular weight excluding hydrogens is 516 g/mol. The van der Waals surface area contributed by atoms with Crippen LogP contribution in [0.2, 0.25) is 0 Å². The molecule has 4 rings (SSSR count). The van der Waals surface area contributed by atoms with Crippen LogP contribution in [0.25, 0.3) is 0 Å². The number of pyridine rings is 3. The third-order valence-corrected chi connectivity index (χ3v) is 5.99. The molecule has 3 aromatic heterocycles. The normalized spacial score (nSPS) is 11.2. The summed E-state index contributed by atoms with van der Waals surface area (Å²) in [6.45, 7) is 7.82. The molecule has 0 fully saturated rings. The molecule has 212 valence electrons. The van der Waals surface area contributed by atoms with E-state index in [-0.39, 0.29) is 5.91 Å². The average Bonchev–Trinajstić information content (AvgIpc) is 2.94. The highest BCUT2D eigenvalue weighted by Crippen LogP contribution is 2.14. The molecule has 2 N–H and O–H groups in total. The molecule has 0 aliphatic carbocycles. The lowest BCUT2D eigenvalue weighted by Gasteiger charge is -2.21. The van der Waals surface area contributed by atoms with Crippen molar-refractivity contribution in [2.75, 3.05) is 11.9 Å². The predicted molar refractivity (Wildman–Crippen MR) is 158 cm³/mol. The maximum atomic E-state index is 12.8. The molecule has 0 radical (unpaired) electrons. The molecule has 3 heterocycles. The van der Waals surface area contributed by atoms with E-state index < -0.39 is 11.7 Å². The molecule has 0 spiro atoms. The fourth-order valence-electron chi connectivity index (χ4n) is 4.07. The standard InChI is InChI=1S/C32H36N6O3/c1-32(2,3)41-31(40)35-19-16-24-10-13-26(14-11-24)37-30(39)25-12-15-29(36-20-25)23-38(21-27-8-4-6-17-33-27)22-28-9-5-7-18-34-28/h4-15,17-18,20H,16,19,21-23H2,1-3H3,(H,35,40)(H,37,39). The molecule has 2 amide bonds. The van der Waals surface area contributed by atoms with E-state index in [0.717, 1.165) is 22.6 Å². The summed E-state index contributed by atoms with van der Waals surface area (Å²) >= 11 is 0. The number of rotatable bonds is 11. The van der Waals surface area contributed by atoms with Crippen molar-refractivity contribution in [2.24, 2.45) is 0 Å². The third-order valence-electron chi connectivity index (χ3n) is 5.99. The molecule has 9 heteroatoms. The van der Waals surface area contributed by atoms with Crippen LogP contribution in [0.1, 0.15) is 53.8 Å². The number of benzene rings is 1. The van der Waals surface area contributed by atoms with Crippen LogP contribution in [0, 0.1) is 0 Å². The summed E-state index contributed by atoms with van der Waals surface area (Å²) in [6.07, 6.45) is 5.39. The Morgan fingerprint density at radius 1 is 0.780 bits per heavy atom. The summed E-state index contributed by atoms with van der Waals surface area (Å²) in [5, 5.41) is 5.66. The smallest absolute Gasteiger partial charge is 0.407 e. The number of hydrogen-bond acceptors (Lipinski definition) is 7. The minimum atomic E-state index is -0.527. The lowest BCUT2D eigenvalue weighted by atomic mass is 10.1. The zero-order chi connectivity index (χ0) is 29.1. The van der Waals surface area contributed by atoms with E-state index in [2.05, 4.69) is 30.5 Å². The van der Waals surface area contributed by atoms with Crippen molar-refractivity contribution in [1.29, 1.82) is 0 Å². The van der Waals surface area contributed by atoms with Crippen molar-refractivity contribution < 1.29 is 14.3 Å². The predicted octanol–water partition coefficient (Wildman–Crippen LogP) is 5.39. The van der Waals surface area contributed by atoms with Gasteiger partial charge < -0.3 is 15.4 Å². The van der Waals surface area contributed by atoms with Crippen molar-refractivity contribution in [3.8, 4) is 0 Å². The highest BCUT2D eigenvalue weighted by molar-refractivity contribution is 6.04. The van der Waals surface area contributed by atoms with E-state index in [0.29, 0.717) is 43.9 Å². The Labute approximate surface area is 241 Å². The first kappa shape index (κ1) is 29.4. The van der Waals surface area contributed by atoms with Gasteiger partial charge in [0.25, 0.3) is 5.91 Å². The zero-order valence-corrected chi connectivity index (χ0v) is 23.7. The van der Waals surface area contributed by atoms with E-state index in [1.54, 1.807) is 24.7 Å². The first-order valence-corrected chi connectivity index (χ1v) is 13.6. The molecule has 4 aromatic rings. The number of hydrogen-bond donors (Lipinski definition) is 2. The number of nitrogens with one attached hydrogen (secondary N) is 2. The highest BCUT2D eigenvalue weighted by Gasteiger charge is 2.16. The molecule has 0 aliphatic rings. The van der Waals surface area contributed by atoms with Crippen LogP contribution in [0.4, 0.5) is 10.5 Å². The number of alkyl carbamates (subject to hydrolysis) is 1. The number of anilines is 1. The van der Waals surface area contributed by atoms with Gasteiger partial charge in [-0.1, -0.05) is 24.3 Å². The Morgan fingerprint density at radius 2 is 1.39 bits per heavy atom. The van der Waals surface area contributed by atoms with E-state index >= 15 is 0 Å². The van der Waals surface area contributed by atoms with Crippen LogP contribution in [0.15, 0.2) is 91.4 Å². The molecule has 0 atom stereocenters. The summed E-state index contributed by atoms with van der Waals surface area (Å²) in [6, 6.07) is 22.9. The van der Waals surface area contributed by atoms with Crippen molar-refractivity contribution in [3.63, 3.8) is 0 Å². The van der Waals surface area contributed by atoms with Gasteiger partial charge in [-0.2, -0.15) is 0 Å². The molecular formula is C32H36N6O3. The third kappa shape index (κ3) is 10.1. The van der Waals surface area contributed by atoms with E-state index in [4.69, 9.17) is 4.74 Å². The summed E-state index contributed by atoms with van der Waals surface area (Å²) in [5.74, 6) is -0.234. The topological polar surface area (TPSA) is 109 Å². The maximum Gasteiger partial charge on any atom is 0.407 e. The van der Waals surface area contributed by atoms with E-state index in [9.17, 15) is 9.59 Å². The lowest BCUT2D eigenvalue weighted by molar-refractivity contribution is 0.0528. The van der Waals surface area contributed by atoms with Crippen molar-refractivity contribution >= 4 is 17.7 Å². The van der Waals surface area contributed by atoms with Gasteiger partial charge >= 0.3 is 6.09 Å². The highest BCUT2D eigenvalue weighted by atomic mass is 16.6. The average molecular weight is 553 g/mol. The molecule has 0 aliphatic heterocycles. The number of aromatic nitrogens is 3. The molecule has 1 aromatic carbocycles. The van der Waals surface area contributed by atoms with Gasteiger partial charge in [0.1, 0.15) is 5.60 Å². The van der Waals surface area contributed by atoms with Crippen LogP contribution >= 0.6 is 0 Å². The first-order chi connectivity index (χ1) is 19.7. The molecule has 0 unspecified atom stereocenters. The number of carbonyl (C=O) groups excluding carboxylic acids is 2. The monoisotopic (exact) mass is 552 g/mol. The lowest BCUT2D eigenvalue weighted by Crippen LogP contribution is -2.33. The second kappa shape index (κ2) is 14.1. The fraction of sp³-hybridized carbons (Fsp3) is 0.281. The molecule has 9 nitrogen and oxygen atoms in total. The van der Waals surface area contributed by atoms with Crippen LogP contribution in [-0.2, 0) is 30.8 Å². The van der Waals surface area contributed by atoms with Gasteiger partial charge in [0.05, 0.1) is 22.6 Å². The summed E-state index contributed by atoms with van der Waals surface area (Å²) in [7, 11) is 0. The number of amides is 2. The van der Waals surface area contributed by atoms with Crippen LogP contribution < -0.4 is 10.6 Å². The van der Waals surface area contributed by atoms with E-state index in [1.165, 1.54) is 0 Å². The molecule has 41 heavy (non-hydrogen) atoms. The molecule has 0 saturated carbocycles. The van der Waals surface area contributed by atoms with Gasteiger partial charge in [0.15, 0.2) is 0 Å². The van der Waals surface area contributed by atoms with E-state index in [1.807, 2.05) is 87.5 Å². The second-order valence-corrected chi connectivity index (χ2v) is 10.7. The van der Waals surface area contributed by atoms with Crippen molar-refractivity contribution in [3.05, 3.63) is 120 Å². The minimum Gasteiger partial charge on any atom is -0.444 e. The SMILES string of the molecule is CC(C)(C)OC(=O)NCCc1ccc(NC(=O)c2ccc(CN(Cc3ccccn3)Cc3ccccn3)nc2)cc1. The van der Waals surface area contributed by atoms with Crippen LogP contribution in [0.3, 0.4) is 0 Å². The van der Waals surface area contributed by atoms with Gasteiger partial charge in [-0.15, -0.1) is 0 Å². The van der Waals surface area contributed by atoms with Crippen LogP contribution in [0.5, 0.6) is 0 Å². The quantitative estimate of drug-likeness (QED) is 0.257. The number of ether oxygens (including phenoxy) is 1. The molecule has 0 bridgehead atoms. The van der Waals surface area contributed by atoms with Gasteiger partial charge in [0, 0.05) is 50.5 Å². The summed E-state index contributed by atoms with van der Waals surface area (Å²) < 4.78 is 5.24. The Bertz CT molecular complexity index is 1350. The number of nitrogens with zero attached hydrogens (tertiary/aromatic N) is 4. The Balaban J connectivity index is 1.30.